The number of aryl methyl sites for hydroxylation is 1. The molecule has 0 saturated heterocycles. The van der Waals surface area contributed by atoms with Crippen LogP contribution in [0.4, 0.5) is 5.69 Å². The van der Waals surface area contributed by atoms with Crippen LogP contribution in [0.1, 0.15) is 16.7 Å². The fourth-order valence-electron chi connectivity index (χ4n) is 3.27. The van der Waals surface area contributed by atoms with E-state index in [1.807, 2.05) is 32.0 Å². The summed E-state index contributed by atoms with van der Waals surface area (Å²) in [6, 6.07) is 10.9. The molecule has 2 amide bonds. The highest BCUT2D eigenvalue weighted by Crippen LogP contribution is 2.36. The first-order chi connectivity index (χ1) is 13.9. The molecule has 0 radical (unpaired) electrons. The van der Waals surface area contributed by atoms with Gasteiger partial charge in [-0.25, -0.2) is 0 Å². The first-order valence-corrected chi connectivity index (χ1v) is 9.19. The topological polar surface area (TPSA) is 67.9 Å². The van der Waals surface area contributed by atoms with Gasteiger partial charge in [-0.3, -0.25) is 14.5 Å². The van der Waals surface area contributed by atoms with E-state index < -0.39 is 0 Å². The van der Waals surface area contributed by atoms with Crippen LogP contribution >= 0.6 is 0 Å². The molecular formula is C23H24N2O4. The lowest BCUT2D eigenvalue weighted by Crippen LogP contribution is -2.32. The lowest BCUT2D eigenvalue weighted by Gasteiger charge is -2.14. The molecule has 0 spiro atoms. The van der Waals surface area contributed by atoms with Crippen LogP contribution in [0.15, 0.2) is 54.8 Å². The molecule has 2 aromatic carbocycles. The Morgan fingerprint density at radius 2 is 1.76 bits per heavy atom. The Bertz CT molecular complexity index is 1020. The Balaban J connectivity index is 2.16. The number of nitrogens with one attached hydrogen (secondary N) is 1. The first kappa shape index (κ1) is 20.2. The number of ether oxygens (including phenoxy) is 2. The van der Waals surface area contributed by atoms with E-state index in [4.69, 9.17) is 9.47 Å². The number of benzene rings is 2. The molecule has 0 saturated carbocycles. The van der Waals surface area contributed by atoms with Gasteiger partial charge in [-0.1, -0.05) is 24.3 Å². The van der Waals surface area contributed by atoms with Crippen molar-refractivity contribution in [2.75, 3.05) is 26.1 Å². The quantitative estimate of drug-likeness (QED) is 0.575. The van der Waals surface area contributed by atoms with Crippen LogP contribution in [0.5, 0.6) is 11.5 Å². The van der Waals surface area contributed by atoms with E-state index in [9.17, 15) is 9.59 Å². The second-order valence-corrected chi connectivity index (χ2v) is 6.70. The summed E-state index contributed by atoms with van der Waals surface area (Å²) >= 11 is 0. The van der Waals surface area contributed by atoms with Crippen molar-refractivity contribution < 1.29 is 19.1 Å². The number of rotatable bonds is 7. The van der Waals surface area contributed by atoms with Crippen LogP contribution in [0, 0.1) is 13.8 Å². The Morgan fingerprint density at radius 1 is 1.03 bits per heavy atom. The standard InChI is InChI=1S/C23H24N2O4/c1-6-12-25-22(26)20(16-10-11-18(28-4)19(13-16)29-5)21(23(25)27)24-17-9-7-8-14(2)15(17)3/h6-11,13,24H,1,12H2,2-5H3. The average molecular weight is 392 g/mol. The number of hydrogen-bond donors (Lipinski definition) is 1. The van der Waals surface area contributed by atoms with Gasteiger partial charge in [-0.05, 0) is 48.7 Å². The average Bonchev–Trinajstić information content (AvgIpc) is 2.95. The molecule has 2 aromatic rings. The molecule has 0 aliphatic carbocycles. The summed E-state index contributed by atoms with van der Waals surface area (Å²) in [5.74, 6) is 0.252. The van der Waals surface area contributed by atoms with Gasteiger partial charge >= 0.3 is 0 Å². The molecule has 29 heavy (non-hydrogen) atoms. The maximum absolute atomic E-state index is 13.1. The number of carbonyl (C=O) groups excluding carboxylic acids is 2. The number of methoxy groups -OCH3 is 2. The van der Waals surface area contributed by atoms with Crippen molar-refractivity contribution in [3.8, 4) is 11.5 Å². The minimum atomic E-state index is -0.388. The molecule has 1 heterocycles. The summed E-state index contributed by atoms with van der Waals surface area (Å²) in [7, 11) is 3.07. The molecule has 6 nitrogen and oxygen atoms in total. The van der Waals surface area contributed by atoms with Crippen molar-refractivity contribution in [1.29, 1.82) is 0 Å². The van der Waals surface area contributed by atoms with Gasteiger partial charge in [-0.2, -0.15) is 0 Å². The van der Waals surface area contributed by atoms with Gasteiger partial charge in [0.15, 0.2) is 11.5 Å². The van der Waals surface area contributed by atoms with E-state index in [-0.39, 0.29) is 24.1 Å². The molecule has 6 heteroatoms. The normalized spacial score (nSPS) is 13.7. The third-order valence-electron chi connectivity index (χ3n) is 5.02. The van der Waals surface area contributed by atoms with Crippen LogP contribution in [0.3, 0.4) is 0 Å². The lowest BCUT2D eigenvalue weighted by molar-refractivity contribution is -0.136. The van der Waals surface area contributed by atoms with E-state index in [1.54, 1.807) is 25.3 Å². The number of anilines is 1. The Hall–Kier alpha value is -3.54. The molecule has 0 unspecified atom stereocenters. The predicted octanol–water partition coefficient (Wildman–Crippen LogP) is 3.70. The van der Waals surface area contributed by atoms with Crippen LogP contribution in [-0.4, -0.2) is 37.5 Å². The van der Waals surface area contributed by atoms with Gasteiger partial charge in [0, 0.05) is 12.2 Å². The number of amides is 2. The molecule has 0 fully saturated rings. The number of carbonyl (C=O) groups is 2. The lowest BCUT2D eigenvalue weighted by atomic mass is 10.0. The van der Waals surface area contributed by atoms with Crippen LogP contribution < -0.4 is 14.8 Å². The number of nitrogens with zero attached hydrogens (tertiary/aromatic N) is 1. The molecule has 150 valence electrons. The zero-order valence-electron chi connectivity index (χ0n) is 17.0. The van der Waals surface area contributed by atoms with Gasteiger partial charge in [0.2, 0.25) is 0 Å². The summed E-state index contributed by atoms with van der Waals surface area (Å²) < 4.78 is 10.6. The predicted molar refractivity (Wildman–Crippen MR) is 113 cm³/mol. The van der Waals surface area contributed by atoms with Crippen molar-refractivity contribution in [2.24, 2.45) is 0 Å². The van der Waals surface area contributed by atoms with Gasteiger partial charge in [0.25, 0.3) is 11.8 Å². The van der Waals surface area contributed by atoms with E-state index in [0.29, 0.717) is 22.6 Å². The summed E-state index contributed by atoms with van der Waals surface area (Å²) in [6.07, 6.45) is 1.53. The third kappa shape index (κ3) is 3.61. The number of hydrogen-bond acceptors (Lipinski definition) is 5. The summed E-state index contributed by atoms with van der Waals surface area (Å²) in [4.78, 5) is 27.3. The van der Waals surface area contributed by atoms with E-state index in [2.05, 4.69) is 11.9 Å². The van der Waals surface area contributed by atoms with Crippen LogP contribution in [0.2, 0.25) is 0 Å². The maximum atomic E-state index is 13.1. The van der Waals surface area contributed by atoms with Crippen molar-refractivity contribution >= 4 is 23.1 Å². The second-order valence-electron chi connectivity index (χ2n) is 6.70. The van der Waals surface area contributed by atoms with Crippen LogP contribution in [0.25, 0.3) is 5.57 Å². The molecule has 1 N–H and O–H groups in total. The smallest absolute Gasteiger partial charge is 0.278 e. The fourth-order valence-corrected chi connectivity index (χ4v) is 3.27. The van der Waals surface area contributed by atoms with Gasteiger partial charge in [-0.15, -0.1) is 6.58 Å². The monoisotopic (exact) mass is 392 g/mol. The Labute approximate surface area is 170 Å². The minimum Gasteiger partial charge on any atom is -0.493 e. The second kappa shape index (κ2) is 8.22. The third-order valence-corrected chi connectivity index (χ3v) is 5.02. The zero-order valence-corrected chi connectivity index (χ0v) is 17.0. The molecule has 1 aliphatic rings. The number of imide groups is 1. The van der Waals surface area contributed by atoms with E-state index in [1.165, 1.54) is 18.1 Å². The first-order valence-electron chi connectivity index (χ1n) is 9.19. The maximum Gasteiger partial charge on any atom is 0.278 e. The zero-order chi connectivity index (χ0) is 21.1. The molecule has 3 rings (SSSR count). The van der Waals surface area contributed by atoms with Gasteiger partial charge < -0.3 is 14.8 Å². The minimum absolute atomic E-state index is 0.131. The van der Waals surface area contributed by atoms with Crippen molar-refractivity contribution in [3.05, 3.63) is 71.4 Å². The molecule has 0 atom stereocenters. The summed E-state index contributed by atoms with van der Waals surface area (Å²) in [5, 5.41) is 3.19. The summed E-state index contributed by atoms with van der Waals surface area (Å²) in [5.41, 5.74) is 3.97. The highest BCUT2D eigenvalue weighted by molar-refractivity contribution is 6.36. The van der Waals surface area contributed by atoms with Crippen molar-refractivity contribution in [3.63, 3.8) is 0 Å². The fraction of sp³-hybridized carbons (Fsp3) is 0.217. The highest BCUT2D eigenvalue weighted by atomic mass is 16.5. The van der Waals surface area contributed by atoms with Gasteiger partial charge in [0.1, 0.15) is 5.70 Å². The Kier molecular flexibility index (Phi) is 5.73. The van der Waals surface area contributed by atoms with Crippen molar-refractivity contribution in [1.82, 2.24) is 4.90 Å². The van der Waals surface area contributed by atoms with Gasteiger partial charge in [0.05, 0.1) is 19.8 Å². The SMILES string of the molecule is C=CCN1C(=O)C(Nc2cccc(C)c2C)=C(c2ccc(OC)c(OC)c2)C1=O. The largest absolute Gasteiger partial charge is 0.493 e. The van der Waals surface area contributed by atoms with E-state index in [0.717, 1.165) is 16.8 Å². The summed E-state index contributed by atoms with van der Waals surface area (Å²) in [6.45, 7) is 7.75. The van der Waals surface area contributed by atoms with Crippen LogP contribution in [-0.2, 0) is 9.59 Å². The Morgan fingerprint density at radius 3 is 2.41 bits per heavy atom. The van der Waals surface area contributed by atoms with Crippen molar-refractivity contribution in [2.45, 2.75) is 13.8 Å². The molecule has 1 aliphatic heterocycles. The highest BCUT2D eigenvalue weighted by Gasteiger charge is 2.39. The molecule has 0 aromatic heterocycles. The molecular weight excluding hydrogens is 368 g/mol. The van der Waals surface area contributed by atoms with E-state index >= 15 is 0 Å². The molecule has 0 bridgehead atoms.